The fraction of sp³-hybridized carbons (Fsp3) is 0.455. The molecule has 1 aromatic carbocycles. The molecule has 0 bridgehead atoms. The predicted molar refractivity (Wildman–Crippen MR) is 62.3 cm³/mol. The molecule has 6 heteroatoms. The van der Waals surface area contributed by atoms with Gasteiger partial charge >= 0.3 is 0 Å². The summed E-state index contributed by atoms with van der Waals surface area (Å²) >= 11 is 0. The number of halogens is 2. The Hall–Kier alpha value is -0.810. The lowest BCUT2D eigenvalue weighted by Gasteiger charge is -2.07. The summed E-state index contributed by atoms with van der Waals surface area (Å²) in [5.74, 6) is 0.0674. The van der Waals surface area contributed by atoms with Crippen molar-refractivity contribution in [1.82, 2.24) is 0 Å². The van der Waals surface area contributed by atoms with Gasteiger partial charge in [0.2, 0.25) is 0 Å². The molecule has 1 fully saturated rings. The minimum atomic E-state index is -3.89. The summed E-state index contributed by atoms with van der Waals surface area (Å²) in [6.45, 7) is 0.453. The maximum atomic E-state index is 13.5. The minimum Gasteiger partial charge on any atom is -0.491 e. The first-order valence-corrected chi connectivity index (χ1v) is 7.65. The maximum Gasteiger partial charge on any atom is 0.261 e. The molecule has 1 aliphatic carbocycles. The molecule has 1 saturated carbocycles. The van der Waals surface area contributed by atoms with Crippen LogP contribution in [0, 0.1) is 11.7 Å². The Bertz CT molecular complexity index is 511. The molecule has 0 radical (unpaired) electrons. The van der Waals surface area contributed by atoms with E-state index in [0.717, 1.165) is 12.5 Å². The monoisotopic (exact) mass is 278 g/mol. The molecular weight excluding hydrogens is 267 g/mol. The van der Waals surface area contributed by atoms with Gasteiger partial charge in [0.15, 0.2) is 11.6 Å². The summed E-state index contributed by atoms with van der Waals surface area (Å²) < 4.78 is 40.6. The molecule has 0 N–H and O–H groups in total. The first kappa shape index (κ1) is 12.6. The van der Waals surface area contributed by atoms with Crippen LogP contribution in [0.25, 0.3) is 0 Å². The third kappa shape index (κ3) is 3.57. The smallest absolute Gasteiger partial charge is 0.261 e. The fourth-order valence-corrected chi connectivity index (χ4v) is 2.26. The largest absolute Gasteiger partial charge is 0.491 e. The van der Waals surface area contributed by atoms with Gasteiger partial charge in [0.05, 0.1) is 11.5 Å². The van der Waals surface area contributed by atoms with Crippen LogP contribution in [0.2, 0.25) is 0 Å². The molecule has 0 aliphatic heterocycles. The van der Waals surface area contributed by atoms with Crippen LogP contribution in [0.15, 0.2) is 23.1 Å². The van der Waals surface area contributed by atoms with E-state index in [2.05, 4.69) is 0 Å². The fourth-order valence-electron chi connectivity index (χ4n) is 1.49. The van der Waals surface area contributed by atoms with E-state index in [0.29, 0.717) is 12.5 Å². The van der Waals surface area contributed by atoms with E-state index in [1.54, 1.807) is 0 Å². The van der Waals surface area contributed by atoms with Crippen LogP contribution in [0.5, 0.6) is 5.75 Å². The normalized spacial score (nSPS) is 15.9. The van der Waals surface area contributed by atoms with Gasteiger partial charge in [0.1, 0.15) is 0 Å². The summed E-state index contributed by atoms with van der Waals surface area (Å²) in [6, 6.07) is 3.39. The van der Waals surface area contributed by atoms with Gasteiger partial charge in [-0.2, -0.15) is 0 Å². The van der Waals surface area contributed by atoms with Gasteiger partial charge < -0.3 is 4.74 Å². The number of rotatable bonds is 5. The lowest BCUT2D eigenvalue weighted by Crippen LogP contribution is -2.01. The van der Waals surface area contributed by atoms with Gasteiger partial charge in [-0.15, -0.1) is 0 Å². The molecule has 94 valence electrons. The van der Waals surface area contributed by atoms with Crippen molar-refractivity contribution in [2.45, 2.75) is 24.2 Å². The molecule has 1 aromatic rings. The van der Waals surface area contributed by atoms with Gasteiger partial charge in [0, 0.05) is 10.7 Å². The molecule has 0 aromatic heterocycles. The molecule has 0 spiro atoms. The van der Waals surface area contributed by atoms with E-state index < -0.39 is 14.9 Å². The van der Waals surface area contributed by atoms with Gasteiger partial charge in [-0.05, 0) is 30.5 Å². The Morgan fingerprint density at radius 3 is 2.65 bits per heavy atom. The number of ether oxygens (including phenoxy) is 1. The SMILES string of the molecule is O=S(=O)(Cl)c1ccc(OCCC2CC2)c(F)c1. The molecular formula is C11H12ClFO3S. The van der Waals surface area contributed by atoms with Crippen molar-refractivity contribution in [2.75, 3.05) is 6.61 Å². The van der Waals surface area contributed by atoms with Crippen LogP contribution >= 0.6 is 10.7 Å². The number of hydrogen-bond donors (Lipinski definition) is 0. The maximum absolute atomic E-state index is 13.5. The standard InChI is InChI=1S/C11H12ClFO3S/c12-17(14,15)9-3-4-11(10(13)7-9)16-6-5-8-1-2-8/h3-4,7-8H,1-2,5-6H2. The van der Waals surface area contributed by atoms with E-state index in [1.165, 1.54) is 25.0 Å². The Labute approximate surface area is 104 Å². The number of benzene rings is 1. The Morgan fingerprint density at radius 2 is 2.12 bits per heavy atom. The van der Waals surface area contributed by atoms with Crippen molar-refractivity contribution in [3.63, 3.8) is 0 Å². The quantitative estimate of drug-likeness (QED) is 0.778. The van der Waals surface area contributed by atoms with E-state index >= 15 is 0 Å². The highest BCUT2D eigenvalue weighted by Crippen LogP contribution is 2.32. The van der Waals surface area contributed by atoms with Crippen LogP contribution in [0.1, 0.15) is 19.3 Å². The highest BCUT2D eigenvalue weighted by Gasteiger charge is 2.21. The third-order valence-corrected chi connectivity index (χ3v) is 4.02. The van der Waals surface area contributed by atoms with Crippen molar-refractivity contribution in [3.8, 4) is 5.75 Å². The highest BCUT2D eigenvalue weighted by molar-refractivity contribution is 8.13. The van der Waals surface area contributed by atoms with Crippen LogP contribution in [0.4, 0.5) is 4.39 Å². The highest BCUT2D eigenvalue weighted by atomic mass is 35.7. The first-order valence-electron chi connectivity index (χ1n) is 5.34. The summed E-state index contributed by atoms with van der Waals surface area (Å²) in [4.78, 5) is -0.258. The van der Waals surface area contributed by atoms with Crippen LogP contribution < -0.4 is 4.74 Å². The second-order valence-electron chi connectivity index (χ2n) is 4.11. The van der Waals surface area contributed by atoms with Crippen molar-refractivity contribution >= 4 is 19.7 Å². The number of hydrogen-bond acceptors (Lipinski definition) is 3. The third-order valence-electron chi connectivity index (χ3n) is 2.67. The van der Waals surface area contributed by atoms with E-state index in [1.807, 2.05) is 0 Å². The molecule has 3 nitrogen and oxygen atoms in total. The zero-order valence-electron chi connectivity index (χ0n) is 9.03. The Morgan fingerprint density at radius 1 is 1.41 bits per heavy atom. The topological polar surface area (TPSA) is 43.4 Å². The summed E-state index contributed by atoms with van der Waals surface area (Å²) in [7, 11) is 1.21. The van der Waals surface area contributed by atoms with Crippen molar-refractivity contribution in [1.29, 1.82) is 0 Å². The van der Waals surface area contributed by atoms with Crippen LogP contribution in [0.3, 0.4) is 0 Å². The first-order chi connectivity index (χ1) is 7.97. The zero-order chi connectivity index (χ0) is 12.5. The average Bonchev–Trinajstić information content (AvgIpc) is 3.02. The van der Waals surface area contributed by atoms with Gasteiger partial charge in [-0.25, -0.2) is 12.8 Å². The zero-order valence-corrected chi connectivity index (χ0v) is 10.6. The summed E-state index contributed by atoms with van der Waals surface area (Å²) in [6.07, 6.45) is 3.35. The van der Waals surface area contributed by atoms with Gasteiger partial charge in [-0.1, -0.05) is 12.8 Å². The molecule has 2 rings (SSSR count). The second-order valence-corrected chi connectivity index (χ2v) is 6.68. The molecule has 0 saturated heterocycles. The minimum absolute atomic E-state index is 0.0646. The molecule has 1 aliphatic rings. The molecule has 0 heterocycles. The Balaban J connectivity index is 2.02. The average molecular weight is 279 g/mol. The van der Waals surface area contributed by atoms with E-state index in [9.17, 15) is 12.8 Å². The van der Waals surface area contributed by atoms with Crippen LogP contribution in [-0.4, -0.2) is 15.0 Å². The van der Waals surface area contributed by atoms with Crippen molar-refractivity contribution < 1.29 is 17.5 Å². The van der Waals surface area contributed by atoms with E-state index in [-0.39, 0.29) is 10.6 Å². The lowest BCUT2D eigenvalue weighted by molar-refractivity contribution is 0.287. The summed E-state index contributed by atoms with van der Waals surface area (Å²) in [5, 5.41) is 0. The molecule has 17 heavy (non-hydrogen) atoms. The Kier molecular flexibility index (Phi) is 3.58. The molecule has 0 unspecified atom stereocenters. The summed E-state index contributed by atoms with van der Waals surface area (Å²) in [5.41, 5.74) is 0. The molecule has 0 atom stereocenters. The van der Waals surface area contributed by atoms with Gasteiger partial charge in [-0.3, -0.25) is 0 Å². The van der Waals surface area contributed by atoms with Crippen molar-refractivity contribution in [2.24, 2.45) is 5.92 Å². The van der Waals surface area contributed by atoms with E-state index in [4.69, 9.17) is 15.4 Å². The van der Waals surface area contributed by atoms with Gasteiger partial charge in [0.25, 0.3) is 9.05 Å². The second kappa shape index (κ2) is 4.82. The van der Waals surface area contributed by atoms with Crippen LogP contribution in [-0.2, 0) is 9.05 Å². The molecule has 0 amide bonds. The lowest BCUT2D eigenvalue weighted by atomic mass is 10.3. The van der Waals surface area contributed by atoms with Crippen molar-refractivity contribution in [3.05, 3.63) is 24.0 Å². The predicted octanol–water partition coefficient (Wildman–Crippen LogP) is 2.93.